The number of benzene rings is 2. The fourth-order valence-electron chi connectivity index (χ4n) is 2.94. The van der Waals surface area contributed by atoms with Crippen LogP contribution in [0, 0.1) is 13.8 Å². The first-order valence-electron chi connectivity index (χ1n) is 7.99. The molecule has 0 saturated carbocycles. The van der Waals surface area contributed by atoms with Gasteiger partial charge >= 0.3 is 0 Å². The Morgan fingerprint density at radius 1 is 1.28 bits per heavy atom. The molecule has 0 bridgehead atoms. The lowest BCUT2D eigenvalue weighted by Crippen LogP contribution is -2.20. The van der Waals surface area contributed by atoms with Gasteiger partial charge in [-0.05, 0) is 49.4 Å². The van der Waals surface area contributed by atoms with E-state index in [1.54, 1.807) is 11.8 Å². The average molecular weight is 374 g/mol. The van der Waals surface area contributed by atoms with Gasteiger partial charge in [-0.25, -0.2) is 4.98 Å². The maximum atomic E-state index is 12.6. The van der Waals surface area contributed by atoms with Crippen LogP contribution >= 0.6 is 23.4 Å². The predicted molar refractivity (Wildman–Crippen MR) is 107 cm³/mol. The van der Waals surface area contributed by atoms with Crippen molar-refractivity contribution in [2.75, 3.05) is 11.6 Å². The third-order valence-electron chi connectivity index (χ3n) is 4.00. The second-order valence-electron chi connectivity index (χ2n) is 6.02. The fraction of sp³-hybridized carbons (Fsp3) is 0.263. The summed E-state index contributed by atoms with van der Waals surface area (Å²) >= 11 is 7.99. The second-order valence-corrected chi connectivity index (χ2v) is 7.30. The third-order valence-corrected chi connectivity index (χ3v) is 4.85. The van der Waals surface area contributed by atoms with Gasteiger partial charge in [-0.1, -0.05) is 29.8 Å². The maximum absolute atomic E-state index is 12.6. The van der Waals surface area contributed by atoms with Gasteiger partial charge in [0.25, 0.3) is 0 Å². The molecule has 1 heterocycles. The molecular weight excluding hydrogens is 354 g/mol. The van der Waals surface area contributed by atoms with Crippen LogP contribution in [-0.4, -0.2) is 21.7 Å². The van der Waals surface area contributed by atoms with E-state index < -0.39 is 0 Å². The Morgan fingerprint density at radius 3 is 2.76 bits per heavy atom. The summed E-state index contributed by atoms with van der Waals surface area (Å²) in [6.07, 6.45) is 2.03. The quantitative estimate of drug-likeness (QED) is 0.698. The molecule has 0 radical (unpaired) electrons. The first-order valence-corrected chi connectivity index (χ1v) is 9.76. The molecule has 0 unspecified atom stereocenters. The number of imidazole rings is 1. The molecular formula is C19H20ClN3OS. The van der Waals surface area contributed by atoms with E-state index >= 15 is 0 Å². The number of fused-ring (bicyclic) bond motifs is 1. The minimum Gasteiger partial charge on any atom is -0.323 e. The number of anilines is 1. The lowest BCUT2D eigenvalue weighted by Gasteiger charge is -2.13. The van der Waals surface area contributed by atoms with E-state index in [4.69, 9.17) is 11.6 Å². The molecule has 3 aromatic rings. The molecule has 0 fully saturated rings. The molecule has 0 atom stereocenters. The molecule has 0 aliphatic heterocycles. The first kappa shape index (κ1) is 17.8. The van der Waals surface area contributed by atoms with E-state index in [0.29, 0.717) is 10.7 Å². The molecule has 4 nitrogen and oxygen atoms in total. The van der Waals surface area contributed by atoms with Gasteiger partial charge in [-0.3, -0.25) is 4.79 Å². The summed E-state index contributed by atoms with van der Waals surface area (Å²) in [7, 11) is 0. The van der Waals surface area contributed by atoms with Gasteiger partial charge in [0.1, 0.15) is 12.4 Å². The predicted octanol–water partition coefficient (Wildman–Crippen LogP) is 4.81. The molecule has 3 rings (SSSR count). The highest BCUT2D eigenvalue weighted by Crippen LogP contribution is 2.27. The van der Waals surface area contributed by atoms with Gasteiger partial charge in [0, 0.05) is 0 Å². The molecule has 0 spiro atoms. The van der Waals surface area contributed by atoms with Crippen LogP contribution in [0.15, 0.2) is 36.4 Å². The smallest absolute Gasteiger partial charge is 0.244 e. The highest BCUT2D eigenvalue weighted by atomic mass is 35.5. The Hall–Kier alpha value is -1.98. The first-order chi connectivity index (χ1) is 12.0. The topological polar surface area (TPSA) is 46.9 Å². The van der Waals surface area contributed by atoms with Crippen molar-refractivity contribution >= 4 is 46.0 Å². The number of nitrogens with zero attached hydrogens (tertiary/aromatic N) is 2. The molecule has 130 valence electrons. The minimum atomic E-state index is -0.112. The molecule has 0 aliphatic rings. The van der Waals surface area contributed by atoms with Crippen LogP contribution in [0.3, 0.4) is 0 Å². The van der Waals surface area contributed by atoms with Gasteiger partial charge in [0.15, 0.2) is 0 Å². The second kappa shape index (κ2) is 7.50. The molecule has 0 aliphatic carbocycles. The number of rotatable bonds is 5. The zero-order chi connectivity index (χ0) is 18.0. The SMILES string of the molecule is CSCc1nc2ccccc2n1CC(=O)Nc1c(C)cc(C)cc1Cl. The molecule has 25 heavy (non-hydrogen) atoms. The number of carbonyl (C=O) groups excluding carboxylic acids is 1. The Kier molecular flexibility index (Phi) is 5.35. The van der Waals surface area contributed by atoms with Crippen LogP contribution in [0.2, 0.25) is 5.02 Å². The normalized spacial score (nSPS) is 11.0. The summed E-state index contributed by atoms with van der Waals surface area (Å²) in [5.41, 5.74) is 4.58. The number of aromatic nitrogens is 2. The number of carbonyl (C=O) groups is 1. The molecule has 1 aromatic heterocycles. The largest absolute Gasteiger partial charge is 0.323 e. The van der Waals surface area contributed by atoms with E-state index in [0.717, 1.165) is 33.7 Å². The number of amides is 1. The lowest BCUT2D eigenvalue weighted by atomic mass is 10.1. The Labute approximate surface area is 156 Å². The average Bonchev–Trinajstić information content (AvgIpc) is 2.89. The van der Waals surface area contributed by atoms with Crippen LogP contribution in [0.5, 0.6) is 0 Å². The number of hydrogen-bond acceptors (Lipinski definition) is 3. The monoisotopic (exact) mass is 373 g/mol. The summed E-state index contributed by atoms with van der Waals surface area (Å²) < 4.78 is 1.97. The van der Waals surface area contributed by atoms with Crippen molar-refractivity contribution in [3.63, 3.8) is 0 Å². The van der Waals surface area contributed by atoms with E-state index in [9.17, 15) is 4.79 Å². The molecule has 2 aromatic carbocycles. The summed E-state index contributed by atoms with van der Waals surface area (Å²) in [4.78, 5) is 17.3. The van der Waals surface area contributed by atoms with Gasteiger partial charge in [0.05, 0.1) is 27.5 Å². The molecule has 6 heteroatoms. The number of halogens is 1. The lowest BCUT2D eigenvalue weighted by molar-refractivity contribution is -0.116. The van der Waals surface area contributed by atoms with Crippen LogP contribution in [0.1, 0.15) is 17.0 Å². The summed E-state index contributed by atoms with van der Waals surface area (Å²) in [5, 5.41) is 3.51. The molecule has 0 saturated heterocycles. The van der Waals surface area contributed by atoms with Crippen LogP contribution in [0.25, 0.3) is 11.0 Å². The Morgan fingerprint density at radius 2 is 2.04 bits per heavy atom. The van der Waals surface area contributed by atoms with Gasteiger partial charge in [-0.15, -0.1) is 0 Å². The number of para-hydroxylation sites is 2. The highest BCUT2D eigenvalue weighted by Gasteiger charge is 2.15. The number of hydrogen-bond donors (Lipinski definition) is 1. The summed E-state index contributed by atoms with van der Waals surface area (Å²) in [5.74, 6) is 1.54. The van der Waals surface area contributed by atoms with E-state index in [2.05, 4.69) is 10.3 Å². The maximum Gasteiger partial charge on any atom is 0.244 e. The van der Waals surface area contributed by atoms with Gasteiger partial charge in [0.2, 0.25) is 5.91 Å². The van der Waals surface area contributed by atoms with E-state index in [1.807, 2.05) is 61.1 Å². The number of thioether (sulfide) groups is 1. The number of nitrogens with one attached hydrogen (secondary N) is 1. The third kappa shape index (κ3) is 3.83. The Balaban J connectivity index is 1.89. The van der Waals surface area contributed by atoms with Crippen LogP contribution in [-0.2, 0) is 17.1 Å². The summed E-state index contributed by atoms with van der Waals surface area (Å²) in [6, 6.07) is 11.7. The summed E-state index contributed by atoms with van der Waals surface area (Å²) in [6.45, 7) is 4.14. The standard InChI is InChI=1S/C19H20ClN3OS/c1-12-8-13(2)19(14(20)9-12)22-18(24)10-23-16-7-5-4-6-15(16)21-17(23)11-25-3/h4-9H,10-11H2,1-3H3,(H,22,24). The molecule has 1 N–H and O–H groups in total. The zero-order valence-electron chi connectivity index (χ0n) is 14.5. The molecule has 1 amide bonds. The van der Waals surface area contributed by atoms with E-state index in [1.165, 1.54) is 0 Å². The zero-order valence-corrected chi connectivity index (χ0v) is 16.0. The fourth-order valence-corrected chi connectivity index (χ4v) is 3.78. The van der Waals surface area contributed by atoms with Gasteiger partial charge < -0.3 is 9.88 Å². The minimum absolute atomic E-state index is 0.112. The van der Waals surface area contributed by atoms with E-state index in [-0.39, 0.29) is 12.5 Å². The van der Waals surface area contributed by atoms with Crippen molar-refractivity contribution < 1.29 is 4.79 Å². The number of aryl methyl sites for hydroxylation is 2. The van der Waals surface area contributed by atoms with Crippen LogP contribution < -0.4 is 5.32 Å². The van der Waals surface area contributed by atoms with Crippen LogP contribution in [0.4, 0.5) is 5.69 Å². The van der Waals surface area contributed by atoms with Gasteiger partial charge in [-0.2, -0.15) is 11.8 Å². The van der Waals surface area contributed by atoms with Crippen molar-refractivity contribution in [3.8, 4) is 0 Å². The van der Waals surface area contributed by atoms with Crippen molar-refractivity contribution in [2.24, 2.45) is 0 Å². The van der Waals surface area contributed by atoms with Crippen molar-refractivity contribution in [1.29, 1.82) is 0 Å². The van der Waals surface area contributed by atoms with Crippen molar-refractivity contribution in [1.82, 2.24) is 9.55 Å². The highest BCUT2D eigenvalue weighted by molar-refractivity contribution is 7.97. The van der Waals surface area contributed by atoms with Crippen molar-refractivity contribution in [3.05, 3.63) is 58.4 Å². The van der Waals surface area contributed by atoms with Crippen molar-refractivity contribution in [2.45, 2.75) is 26.1 Å². The Bertz CT molecular complexity index is 913.